The molecule has 0 saturated heterocycles. The second-order valence-electron chi connectivity index (χ2n) is 8.22. The van der Waals surface area contributed by atoms with Crippen molar-refractivity contribution in [2.24, 2.45) is 0 Å². The van der Waals surface area contributed by atoms with Crippen LogP contribution >= 0.6 is 0 Å². The first-order valence-corrected chi connectivity index (χ1v) is 11.8. The minimum atomic E-state index is -0.575. The molecule has 0 aliphatic carbocycles. The first-order valence-electron chi connectivity index (χ1n) is 11.8. The molecule has 0 spiro atoms. The summed E-state index contributed by atoms with van der Waals surface area (Å²) in [7, 11) is 0. The van der Waals surface area contributed by atoms with Crippen LogP contribution in [0.3, 0.4) is 0 Å². The van der Waals surface area contributed by atoms with Crippen LogP contribution in [0.25, 0.3) is 10.9 Å². The molecule has 1 heterocycles. The summed E-state index contributed by atoms with van der Waals surface area (Å²) >= 11 is 0. The Kier molecular flexibility index (Phi) is 10.6. The number of aryl methyl sites for hydroxylation is 1. The number of benzene rings is 1. The topological polar surface area (TPSA) is 71.7 Å². The van der Waals surface area contributed by atoms with Crippen molar-refractivity contribution < 1.29 is 14.9 Å². The van der Waals surface area contributed by atoms with Crippen LogP contribution in [0.15, 0.2) is 23.0 Å². The van der Waals surface area contributed by atoms with E-state index in [4.69, 9.17) is 4.74 Å². The molecule has 30 heavy (non-hydrogen) atoms. The summed E-state index contributed by atoms with van der Waals surface area (Å²) in [5.74, 6) is -0.233. The van der Waals surface area contributed by atoms with E-state index in [0.29, 0.717) is 29.8 Å². The number of hydrogen-bond acceptors (Lipinski definition) is 4. The minimum absolute atomic E-state index is 0.350. The molecule has 1 aromatic carbocycles. The molecule has 5 heteroatoms. The molecular formula is C25H39NO4. The van der Waals surface area contributed by atoms with Crippen molar-refractivity contribution in [2.45, 2.75) is 97.4 Å². The van der Waals surface area contributed by atoms with Crippen LogP contribution in [-0.2, 0) is 6.54 Å². The molecule has 2 rings (SSSR count). The summed E-state index contributed by atoms with van der Waals surface area (Å²) in [6.07, 6.45) is 13.9. The van der Waals surface area contributed by atoms with Crippen molar-refractivity contribution in [2.75, 3.05) is 6.61 Å². The Morgan fingerprint density at radius 3 is 2.07 bits per heavy atom. The van der Waals surface area contributed by atoms with Gasteiger partial charge in [-0.2, -0.15) is 0 Å². The van der Waals surface area contributed by atoms with Crippen LogP contribution in [0.5, 0.6) is 17.2 Å². The Labute approximate surface area is 180 Å². The molecule has 0 fully saturated rings. The van der Waals surface area contributed by atoms with Crippen LogP contribution in [0.2, 0.25) is 0 Å². The largest absolute Gasteiger partial charge is 0.504 e. The number of pyridine rings is 1. The van der Waals surface area contributed by atoms with E-state index >= 15 is 0 Å². The molecule has 168 valence electrons. The van der Waals surface area contributed by atoms with Gasteiger partial charge in [-0.3, -0.25) is 4.79 Å². The number of hydrogen-bond donors (Lipinski definition) is 2. The van der Waals surface area contributed by atoms with Crippen molar-refractivity contribution in [1.29, 1.82) is 0 Å². The highest BCUT2D eigenvalue weighted by Crippen LogP contribution is 2.32. The minimum Gasteiger partial charge on any atom is -0.504 e. The van der Waals surface area contributed by atoms with E-state index in [1.165, 1.54) is 44.9 Å². The lowest BCUT2D eigenvalue weighted by Gasteiger charge is -2.14. The Hall–Kier alpha value is -2.17. The second kappa shape index (κ2) is 13.2. The molecule has 0 saturated carbocycles. The molecule has 0 bridgehead atoms. The Morgan fingerprint density at radius 1 is 0.800 bits per heavy atom. The van der Waals surface area contributed by atoms with Crippen molar-refractivity contribution in [1.82, 2.24) is 4.57 Å². The van der Waals surface area contributed by atoms with E-state index in [1.54, 1.807) is 16.7 Å². The number of aromatic hydroxyl groups is 2. The van der Waals surface area contributed by atoms with Crippen molar-refractivity contribution in [3.8, 4) is 17.2 Å². The third kappa shape index (κ3) is 6.96. The standard InChI is InChI=1S/C25H39NO4/c1-3-5-7-9-11-13-17-26-22-19-20(30-18-14-12-10-8-6-4-2)15-16-21(22)23(27)24(28)25(26)29/h15-16,19,27-28H,3-14,17-18H2,1-2H3. The molecule has 1 aromatic heterocycles. The normalized spacial score (nSPS) is 11.3. The van der Waals surface area contributed by atoms with Gasteiger partial charge in [0.2, 0.25) is 5.75 Å². The van der Waals surface area contributed by atoms with Gasteiger partial charge in [-0.15, -0.1) is 0 Å². The molecule has 0 aliphatic rings. The van der Waals surface area contributed by atoms with Crippen LogP contribution < -0.4 is 10.3 Å². The van der Waals surface area contributed by atoms with Gasteiger partial charge in [0, 0.05) is 18.0 Å². The third-order valence-corrected chi connectivity index (χ3v) is 5.69. The van der Waals surface area contributed by atoms with Gasteiger partial charge in [-0.05, 0) is 25.0 Å². The van der Waals surface area contributed by atoms with E-state index in [1.807, 2.05) is 6.07 Å². The second-order valence-corrected chi connectivity index (χ2v) is 8.22. The molecule has 0 unspecified atom stereocenters. The van der Waals surface area contributed by atoms with Gasteiger partial charge < -0.3 is 19.5 Å². The Balaban J connectivity index is 2.05. The van der Waals surface area contributed by atoms with Gasteiger partial charge in [0.15, 0.2) is 5.75 Å². The number of aromatic nitrogens is 1. The number of rotatable bonds is 15. The van der Waals surface area contributed by atoms with Gasteiger partial charge in [0.25, 0.3) is 5.56 Å². The summed E-state index contributed by atoms with van der Waals surface area (Å²) in [5.41, 5.74) is 0.0749. The fraction of sp³-hybridized carbons (Fsp3) is 0.640. The number of fused-ring (bicyclic) bond motifs is 1. The fourth-order valence-corrected chi connectivity index (χ4v) is 3.84. The van der Waals surface area contributed by atoms with E-state index in [-0.39, 0.29) is 5.75 Å². The summed E-state index contributed by atoms with van der Waals surface area (Å²) < 4.78 is 7.47. The van der Waals surface area contributed by atoms with E-state index < -0.39 is 11.3 Å². The first kappa shape index (κ1) is 24.1. The van der Waals surface area contributed by atoms with E-state index in [9.17, 15) is 15.0 Å². The average Bonchev–Trinajstić information content (AvgIpc) is 2.76. The highest BCUT2D eigenvalue weighted by molar-refractivity contribution is 5.88. The Morgan fingerprint density at radius 2 is 1.40 bits per heavy atom. The summed E-state index contributed by atoms with van der Waals surface area (Å²) in [5, 5.41) is 20.8. The number of nitrogens with zero attached hydrogens (tertiary/aromatic N) is 1. The first-order chi connectivity index (χ1) is 14.6. The molecular weight excluding hydrogens is 378 g/mol. The zero-order valence-corrected chi connectivity index (χ0v) is 18.8. The fourth-order valence-electron chi connectivity index (χ4n) is 3.84. The molecule has 0 amide bonds. The smallest absolute Gasteiger partial charge is 0.297 e. The van der Waals surface area contributed by atoms with Crippen LogP contribution in [-0.4, -0.2) is 21.4 Å². The summed E-state index contributed by atoms with van der Waals surface area (Å²) in [6, 6.07) is 5.32. The van der Waals surface area contributed by atoms with Gasteiger partial charge in [0.1, 0.15) is 5.75 Å². The predicted octanol–water partition coefficient (Wildman–Crippen LogP) is 6.51. The van der Waals surface area contributed by atoms with Gasteiger partial charge >= 0.3 is 0 Å². The number of unbranched alkanes of at least 4 members (excludes halogenated alkanes) is 10. The quantitative estimate of drug-likeness (QED) is 0.324. The Bertz CT molecular complexity index is 828. The number of ether oxygens (including phenoxy) is 1. The van der Waals surface area contributed by atoms with Crippen molar-refractivity contribution in [3.63, 3.8) is 0 Å². The van der Waals surface area contributed by atoms with Gasteiger partial charge in [-0.1, -0.05) is 78.1 Å². The monoisotopic (exact) mass is 417 g/mol. The van der Waals surface area contributed by atoms with E-state index in [2.05, 4.69) is 13.8 Å². The van der Waals surface area contributed by atoms with Crippen molar-refractivity contribution in [3.05, 3.63) is 28.6 Å². The lowest BCUT2D eigenvalue weighted by Crippen LogP contribution is -2.20. The molecule has 2 N–H and O–H groups in total. The molecule has 0 aliphatic heterocycles. The van der Waals surface area contributed by atoms with E-state index in [0.717, 1.165) is 32.1 Å². The maximum atomic E-state index is 12.6. The summed E-state index contributed by atoms with van der Waals surface area (Å²) in [6.45, 7) is 5.57. The molecule has 0 atom stereocenters. The maximum Gasteiger partial charge on any atom is 0.297 e. The third-order valence-electron chi connectivity index (χ3n) is 5.69. The van der Waals surface area contributed by atoms with Gasteiger partial charge in [-0.25, -0.2) is 0 Å². The predicted molar refractivity (Wildman–Crippen MR) is 124 cm³/mol. The molecule has 5 nitrogen and oxygen atoms in total. The van der Waals surface area contributed by atoms with Gasteiger partial charge in [0.05, 0.1) is 12.1 Å². The SMILES string of the molecule is CCCCCCCCOc1ccc2c(O)c(O)c(=O)n(CCCCCCCC)c2c1. The highest BCUT2D eigenvalue weighted by Gasteiger charge is 2.16. The van der Waals surface area contributed by atoms with Crippen LogP contribution in [0.4, 0.5) is 0 Å². The highest BCUT2D eigenvalue weighted by atomic mass is 16.5. The maximum absolute atomic E-state index is 12.6. The average molecular weight is 418 g/mol. The van der Waals surface area contributed by atoms with Crippen molar-refractivity contribution >= 4 is 10.9 Å². The van der Waals surface area contributed by atoms with Crippen LogP contribution in [0, 0.1) is 0 Å². The molecule has 2 aromatic rings. The van der Waals surface area contributed by atoms with Crippen LogP contribution in [0.1, 0.15) is 90.9 Å². The molecule has 0 radical (unpaired) electrons. The zero-order valence-electron chi connectivity index (χ0n) is 18.8. The zero-order chi connectivity index (χ0) is 21.8. The lowest BCUT2D eigenvalue weighted by molar-refractivity contribution is 0.304. The summed E-state index contributed by atoms with van der Waals surface area (Å²) in [4.78, 5) is 12.6. The lowest BCUT2D eigenvalue weighted by atomic mass is 10.1.